The smallest absolute Gasteiger partial charge is 0.238 e. The zero-order valence-corrected chi connectivity index (χ0v) is 14.6. The number of nitrogens with one attached hydrogen (secondary N) is 2. The molecule has 0 aromatic heterocycles. The van der Waals surface area contributed by atoms with Crippen molar-refractivity contribution in [3.63, 3.8) is 0 Å². The summed E-state index contributed by atoms with van der Waals surface area (Å²) in [7, 11) is -3.69. The average molecular weight is 352 g/mol. The van der Waals surface area contributed by atoms with E-state index in [2.05, 4.69) is 15.6 Å². The van der Waals surface area contributed by atoms with Crippen LogP contribution in [0.3, 0.4) is 0 Å². The van der Waals surface area contributed by atoms with Crippen LogP contribution in [-0.2, 0) is 21.3 Å². The number of aliphatic imine (C=N–C) groups is 1. The van der Waals surface area contributed by atoms with Crippen molar-refractivity contribution in [2.45, 2.75) is 55.9 Å². The SMILES string of the molecule is CCNC(=NCc1cccc(S(N)(=O)=O)c1)NC1CC2CCC1O2. The van der Waals surface area contributed by atoms with Crippen LogP contribution < -0.4 is 15.8 Å². The van der Waals surface area contributed by atoms with Gasteiger partial charge in [0.1, 0.15) is 0 Å². The minimum atomic E-state index is -3.69. The molecule has 2 heterocycles. The molecule has 2 fully saturated rings. The van der Waals surface area contributed by atoms with Crippen LogP contribution in [0.1, 0.15) is 31.7 Å². The van der Waals surface area contributed by atoms with Crippen LogP contribution in [0.15, 0.2) is 34.2 Å². The number of guanidine groups is 1. The van der Waals surface area contributed by atoms with E-state index in [0.717, 1.165) is 37.3 Å². The van der Waals surface area contributed by atoms with Crippen molar-refractivity contribution in [3.8, 4) is 0 Å². The molecule has 0 radical (unpaired) electrons. The van der Waals surface area contributed by atoms with Crippen LogP contribution in [-0.4, -0.2) is 39.2 Å². The molecule has 2 aliphatic heterocycles. The number of fused-ring (bicyclic) bond motifs is 2. The van der Waals surface area contributed by atoms with Gasteiger partial charge in [0.15, 0.2) is 5.96 Å². The van der Waals surface area contributed by atoms with E-state index in [4.69, 9.17) is 9.88 Å². The Hall–Kier alpha value is -1.64. The van der Waals surface area contributed by atoms with Gasteiger partial charge in [-0.15, -0.1) is 0 Å². The van der Waals surface area contributed by atoms with Gasteiger partial charge in [0.25, 0.3) is 0 Å². The summed E-state index contributed by atoms with van der Waals surface area (Å²) < 4.78 is 28.7. The summed E-state index contributed by atoms with van der Waals surface area (Å²) in [6.45, 7) is 3.14. The zero-order chi connectivity index (χ0) is 17.2. The Morgan fingerprint density at radius 2 is 2.25 bits per heavy atom. The lowest BCUT2D eigenvalue weighted by Crippen LogP contribution is -2.47. The maximum Gasteiger partial charge on any atom is 0.238 e. The third-order valence-corrected chi connectivity index (χ3v) is 5.33. The van der Waals surface area contributed by atoms with Crippen LogP contribution in [0.25, 0.3) is 0 Å². The molecular weight excluding hydrogens is 328 g/mol. The fourth-order valence-electron chi connectivity index (χ4n) is 3.28. The number of hydrogen-bond acceptors (Lipinski definition) is 4. The lowest BCUT2D eigenvalue weighted by atomic mass is 9.96. The molecular formula is C16H24N4O3S. The first kappa shape index (κ1) is 17.2. The second kappa shape index (κ2) is 7.08. The number of benzene rings is 1. The molecule has 1 aromatic rings. The summed E-state index contributed by atoms with van der Waals surface area (Å²) in [5, 5.41) is 11.8. The minimum absolute atomic E-state index is 0.106. The van der Waals surface area contributed by atoms with Gasteiger partial charge < -0.3 is 15.4 Å². The van der Waals surface area contributed by atoms with Crippen LogP contribution >= 0.6 is 0 Å². The average Bonchev–Trinajstić information content (AvgIpc) is 3.15. The molecule has 3 rings (SSSR count). The Morgan fingerprint density at radius 1 is 1.42 bits per heavy atom. The Morgan fingerprint density at radius 3 is 2.88 bits per heavy atom. The van der Waals surface area contributed by atoms with Crippen LogP contribution in [0.4, 0.5) is 0 Å². The highest BCUT2D eigenvalue weighted by Crippen LogP contribution is 2.34. The normalized spacial score (nSPS) is 26.6. The topological polar surface area (TPSA) is 106 Å². The number of sulfonamides is 1. The summed E-state index contributed by atoms with van der Waals surface area (Å²) >= 11 is 0. The molecule has 2 saturated heterocycles. The quantitative estimate of drug-likeness (QED) is 0.534. The Balaban J connectivity index is 1.67. The minimum Gasteiger partial charge on any atom is -0.373 e. The van der Waals surface area contributed by atoms with Crippen molar-refractivity contribution in [1.82, 2.24) is 10.6 Å². The number of nitrogens with two attached hydrogens (primary N) is 1. The number of hydrogen-bond donors (Lipinski definition) is 3. The van der Waals surface area contributed by atoms with Crippen molar-refractivity contribution >= 4 is 16.0 Å². The van der Waals surface area contributed by atoms with Gasteiger partial charge in [-0.05, 0) is 43.9 Å². The Bertz CT molecular complexity index is 720. The maximum atomic E-state index is 11.4. The van der Waals surface area contributed by atoms with Crippen molar-refractivity contribution in [3.05, 3.63) is 29.8 Å². The number of ether oxygens (including phenoxy) is 1. The molecule has 0 spiro atoms. The van der Waals surface area contributed by atoms with Crippen LogP contribution in [0.5, 0.6) is 0 Å². The second-order valence-corrected chi connectivity index (χ2v) is 7.81. The standard InChI is InChI=1S/C16H24N4O3S/c1-2-18-16(20-14-9-12-6-7-15(14)23-12)19-10-11-4-3-5-13(8-11)24(17,21)22/h3-5,8,12,14-15H,2,6-7,9-10H2,1H3,(H2,17,21,22)(H2,18,19,20). The molecule has 1 aromatic carbocycles. The fourth-order valence-corrected chi connectivity index (χ4v) is 3.86. The summed E-state index contributed by atoms with van der Waals surface area (Å²) in [6.07, 6.45) is 3.90. The van der Waals surface area contributed by atoms with Crippen molar-refractivity contribution in [2.75, 3.05) is 6.54 Å². The highest BCUT2D eigenvalue weighted by molar-refractivity contribution is 7.89. The molecule has 8 heteroatoms. The van der Waals surface area contributed by atoms with E-state index >= 15 is 0 Å². The maximum absolute atomic E-state index is 11.4. The molecule has 2 aliphatic rings. The van der Waals surface area contributed by atoms with Gasteiger partial charge in [-0.1, -0.05) is 12.1 Å². The van der Waals surface area contributed by atoms with Gasteiger partial charge in [0, 0.05) is 6.54 Å². The van der Waals surface area contributed by atoms with E-state index in [1.807, 2.05) is 13.0 Å². The summed E-state index contributed by atoms with van der Waals surface area (Å²) in [5.74, 6) is 0.722. The first-order valence-electron chi connectivity index (χ1n) is 8.27. The third-order valence-electron chi connectivity index (χ3n) is 4.42. The molecule has 132 valence electrons. The van der Waals surface area contributed by atoms with Gasteiger partial charge in [0.05, 0.1) is 29.7 Å². The lowest BCUT2D eigenvalue weighted by molar-refractivity contribution is 0.0992. The van der Waals surface area contributed by atoms with E-state index < -0.39 is 10.0 Å². The van der Waals surface area contributed by atoms with Gasteiger partial charge in [-0.3, -0.25) is 0 Å². The van der Waals surface area contributed by atoms with E-state index in [9.17, 15) is 8.42 Å². The molecule has 3 unspecified atom stereocenters. The Labute approximate surface area is 142 Å². The lowest BCUT2D eigenvalue weighted by Gasteiger charge is -2.22. The van der Waals surface area contributed by atoms with Crippen LogP contribution in [0.2, 0.25) is 0 Å². The van der Waals surface area contributed by atoms with Crippen LogP contribution in [0, 0.1) is 0 Å². The molecule has 0 aliphatic carbocycles. The van der Waals surface area contributed by atoms with Crippen molar-refractivity contribution < 1.29 is 13.2 Å². The Kier molecular flexibility index (Phi) is 5.07. The summed E-state index contributed by atoms with van der Waals surface area (Å²) in [5.41, 5.74) is 0.794. The van der Waals surface area contributed by atoms with Gasteiger partial charge in [-0.25, -0.2) is 18.5 Å². The number of nitrogens with zero attached hydrogens (tertiary/aromatic N) is 1. The highest BCUT2D eigenvalue weighted by atomic mass is 32.2. The van der Waals surface area contributed by atoms with E-state index in [1.54, 1.807) is 12.1 Å². The molecule has 4 N–H and O–H groups in total. The van der Waals surface area contributed by atoms with E-state index in [0.29, 0.717) is 12.6 Å². The van der Waals surface area contributed by atoms with Crippen molar-refractivity contribution in [1.29, 1.82) is 0 Å². The van der Waals surface area contributed by atoms with Gasteiger partial charge in [-0.2, -0.15) is 0 Å². The highest BCUT2D eigenvalue weighted by Gasteiger charge is 2.41. The van der Waals surface area contributed by atoms with Crippen molar-refractivity contribution in [2.24, 2.45) is 10.1 Å². The largest absolute Gasteiger partial charge is 0.373 e. The van der Waals surface area contributed by atoms with Gasteiger partial charge in [0.2, 0.25) is 10.0 Å². The molecule has 3 atom stereocenters. The second-order valence-electron chi connectivity index (χ2n) is 6.25. The molecule has 7 nitrogen and oxygen atoms in total. The first-order chi connectivity index (χ1) is 11.5. The third kappa shape index (κ3) is 4.06. The first-order valence-corrected chi connectivity index (χ1v) is 9.82. The van der Waals surface area contributed by atoms with E-state index in [1.165, 1.54) is 6.07 Å². The summed E-state index contributed by atoms with van der Waals surface area (Å²) in [4.78, 5) is 4.66. The zero-order valence-electron chi connectivity index (χ0n) is 13.7. The molecule has 24 heavy (non-hydrogen) atoms. The number of rotatable bonds is 5. The molecule has 0 saturated carbocycles. The monoisotopic (exact) mass is 352 g/mol. The fraction of sp³-hybridized carbons (Fsp3) is 0.562. The summed E-state index contributed by atoms with van der Waals surface area (Å²) in [6, 6.07) is 6.84. The molecule has 0 amide bonds. The number of primary sulfonamides is 1. The molecule has 2 bridgehead atoms. The predicted molar refractivity (Wildman–Crippen MR) is 92.1 cm³/mol. The van der Waals surface area contributed by atoms with E-state index in [-0.39, 0.29) is 17.0 Å². The van der Waals surface area contributed by atoms with Gasteiger partial charge >= 0.3 is 0 Å². The predicted octanol–water partition coefficient (Wildman–Crippen LogP) is 0.709.